The lowest BCUT2D eigenvalue weighted by Gasteiger charge is -2.28. The molecule has 0 aliphatic carbocycles. The Morgan fingerprint density at radius 2 is 2.00 bits per heavy atom. The Labute approximate surface area is 93.6 Å². The zero-order valence-electron chi connectivity index (χ0n) is 10.6. The number of esters is 1. The van der Waals surface area contributed by atoms with Crippen LogP contribution in [0.3, 0.4) is 0 Å². The molecule has 3 heteroatoms. The largest absolute Gasteiger partial charge is 0.469 e. The second-order valence-corrected chi connectivity index (χ2v) is 4.37. The summed E-state index contributed by atoms with van der Waals surface area (Å²) in [6.45, 7) is 4.28. The van der Waals surface area contributed by atoms with E-state index in [0.29, 0.717) is 6.42 Å². The highest BCUT2D eigenvalue weighted by Crippen LogP contribution is 2.19. The van der Waals surface area contributed by atoms with Gasteiger partial charge in [-0.15, -0.1) is 0 Å². The second kappa shape index (κ2) is 7.69. The Kier molecular flexibility index (Phi) is 7.39. The summed E-state index contributed by atoms with van der Waals surface area (Å²) in [4.78, 5) is 11.2. The van der Waals surface area contributed by atoms with Crippen LogP contribution < -0.4 is 5.32 Å². The smallest absolute Gasteiger partial charge is 0.307 e. The van der Waals surface area contributed by atoms with Crippen molar-refractivity contribution in [3.63, 3.8) is 0 Å². The number of nitrogens with one attached hydrogen (secondary N) is 1. The van der Waals surface area contributed by atoms with E-state index in [2.05, 4.69) is 19.2 Å². The highest BCUT2D eigenvalue weighted by atomic mass is 16.5. The van der Waals surface area contributed by atoms with Gasteiger partial charge in [0.2, 0.25) is 0 Å². The average molecular weight is 215 g/mol. The van der Waals surface area contributed by atoms with E-state index < -0.39 is 0 Å². The van der Waals surface area contributed by atoms with Gasteiger partial charge in [-0.25, -0.2) is 0 Å². The van der Waals surface area contributed by atoms with E-state index in [1.54, 1.807) is 0 Å². The zero-order chi connectivity index (χ0) is 11.7. The predicted molar refractivity (Wildman–Crippen MR) is 62.9 cm³/mol. The number of hydrogen-bond acceptors (Lipinski definition) is 3. The van der Waals surface area contributed by atoms with Gasteiger partial charge >= 0.3 is 5.97 Å². The molecule has 90 valence electrons. The molecule has 0 aliphatic heterocycles. The van der Waals surface area contributed by atoms with Crippen molar-refractivity contribution in [3.05, 3.63) is 0 Å². The van der Waals surface area contributed by atoms with Crippen molar-refractivity contribution in [2.45, 2.75) is 57.9 Å². The Bertz CT molecular complexity index is 182. The molecule has 0 amide bonds. The summed E-state index contributed by atoms with van der Waals surface area (Å²) in [6.07, 6.45) is 6.41. The van der Waals surface area contributed by atoms with Gasteiger partial charge in [-0.1, -0.05) is 32.6 Å². The fraction of sp³-hybridized carbons (Fsp3) is 0.917. The van der Waals surface area contributed by atoms with Gasteiger partial charge in [0.25, 0.3) is 0 Å². The highest BCUT2D eigenvalue weighted by Gasteiger charge is 2.25. The molecule has 0 spiro atoms. The third-order valence-electron chi connectivity index (χ3n) is 2.95. The third kappa shape index (κ3) is 6.50. The van der Waals surface area contributed by atoms with Crippen LogP contribution in [0.5, 0.6) is 0 Å². The minimum Gasteiger partial charge on any atom is -0.469 e. The Balaban J connectivity index is 3.90. The number of carbonyl (C=O) groups is 1. The number of ether oxygens (including phenoxy) is 1. The van der Waals surface area contributed by atoms with Crippen molar-refractivity contribution >= 4 is 5.97 Å². The van der Waals surface area contributed by atoms with E-state index in [4.69, 9.17) is 4.74 Å². The molecule has 0 rings (SSSR count). The van der Waals surface area contributed by atoms with Gasteiger partial charge in [0.15, 0.2) is 0 Å². The van der Waals surface area contributed by atoms with E-state index >= 15 is 0 Å². The van der Waals surface area contributed by atoms with Crippen LogP contribution in [-0.2, 0) is 9.53 Å². The number of methoxy groups -OCH3 is 1. The Morgan fingerprint density at radius 3 is 2.47 bits per heavy atom. The minimum atomic E-state index is -0.137. The maximum Gasteiger partial charge on any atom is 0.307 e. The standard InChI is InChI=1S/C12H25NO2/c1-5-6-7-8-9-12(2,13-3)10-11(14)15-4/h13H,5-10H2,1-4H3. The molecule has 3 nitrogen and oxygen atoms in total. The first-order valence-corrected chi connectivity index (χ1v) is 5.83. The number of unbranched alkanes of at least 4 members (excludes halogenated alkanes) is 3. The summed E-state index contributed by atoms with van der Waals surface area (Å²) >= 11 is 0. The molecule has 0 aromatic heterocycles. The summed E-state index contributed by atoms with van der Waals surface area (Å²) in [5.41, 5.74) is -0.110. The number of carbonyl (C=O) groups excluding carboxylic acids is 1. The van der Waals surface area contributed by atoms with Crippen molar-refractivity contribution in [1.29, 1.82) is 0 Å². The first-order valence-electron chi connectivity index (χ1n) is 5.83. The van der Waals surface area contributed by atoms with Crippen molar-refractivity contribution in [2.24, 2.45) is 0 Å². The van der Waals surface area contributed by atoms with Crippen LogP contribution in [-0.4, -0.2) is 25.7 Å². The summed E-state index contributed by atoms with van der Waals surface area (Å²) in [7, 11) is 3.35. The molecule has 1 unspecified atom stereocenters. The molecule has 15 heavy (non-hydrogen) atoms. The summed E-state index contributed by atoms with van der Waals surface area (Å²) < 4.78 is 4.70. The second-order valence-electron chi connectivity index (χ2n) is 4.37. The van der Waals surface area contributed by atoms with Gasteiger partial charge in [0.1, 0.15) is 0 Å². The van der Waals surface area contributed by atoms with Crippen LogP contribution in [0, 0.1) is 0 Å². The Hall–Kier alpha value is -0.570. The van der Waals surface area contributed by atoms with Crippen LogP contribution in [0.25, 0.3) is 0 Å². The van der Waals surface area contributed by atoms with Crippen LogP contribution in [0.4, 0.5) is 0 Å². The molecule has 1 atom stereocenters. The topological polar surface area (TPSA) is 38.3 Å². The van der Waals surface area contributed by atoms with Crippen molar-refractivity contribution in [1.82, 2.24) is 5.32 Å². The molecule has 0 heterocycles. The van der Waals surface area contributed by atoms with E-state index in [1.165, 1.54) is 32.8 Å². The van der Waals surface area contributed by atoms with Crippen molar-refractivity contribution < 1.29 is 9.53 Å². The third-order valence-corrected chi connectivity index (χ3v) is 2.95. The summed E-state index contributed by atoms with van der Waals surface area (Å²) in [5.74, 6) is -0.137. The van der Waals surface area contributed by atoms with Gasteiger partial charge in [-0.05, 0) is 20.4 Å². The lowest BCUT2D eigenvalue weighted by molar-refractivity contribution is -0.142. The van der Waals surface area contributed by atoms with Crippen LogP contribution in [0.2, 0.25) is 0 Å². The minimum absolute atomic E-state index is 0.110. The lowest BCUT2D eigenvalue weighted by atomic mass is 9.91. The summed E-state index contributed by atoms with van der Waals surface area (Å²) in [5, 5.41) is 3.22. The normalized spacial score (nSPS) is 14.7. The highest BCUT2D eigenvalue weighted by molar-refractivity contribution is 5.70. The SMILES string of the molecule is CCCCCCC(C)(CC(=O)OC)NC. The van der Waals surface area contributed by atoms with Gasteiger partial charge in [-0.2, -0.15) is 0 Å². The van der Waals surface area contributed by atoms with Crippen molar-refractivity contribution in [3.8, 4) is 0 Å². The van der Waals surface area contributed by atoms with Crippen LogP contribution in [0.1, 0.15) is 52.4 Å². The van der Waals surface area contributed by atoms with Crippen LogP contribution in [0.15, 0.2) is 0 Å². The molecule has 0 saturated heterocycles. The van der Waals surface area contributed by atoms with E-state index in [0.717, 1.165) is 6.42 Å². The molecular formula is C12H25NO2. The molecule has 0 aromatic carbocycles. The fourth-order valence-corrected chi connectivity index (χ4v) is 1.63. The molecule has 0 aliphatic rings. The fourth-order valence-electron chi connectivity index (χ4n) is 1.63. The first-order chi connectivity index (χ1) is 7.08. The maximum atomic E-state index is 11.2. The first kappa shape index (κ1) is 14.4. The summed E-state index contributed by atoms with van der Waals surface area (Å²) in [6, 6.07) is 0. The monoisotopic (exact) mass is 215 g/mol. The maximum absolute atomic E-state index is 11.2. The molecule has 1 N–H and O–H groups in total. The van der Waals surface area contributed by atoms with Crippen LogP contribution >= 0.6 is 0 Å². The van der Waals surface area contributed by atoms with E-state index in [-0.39, 0.29) is 11.5 Å². The molecule has 0 radical (unpaired) electrons. The quantitative estimate of drug-likeness (QED) is 0.499. The van der Waals surface area contributed by atoms with Crippen molar-refractivity contribution in [2.75, 3.05) is 14.2 Å². The number of rotatable bonds is 8. The molecule has 0 fully saturated rings. The van der Waals surface area contributed by atoms with E-state index in [9.17, 15) is 4.79 Å². The van der Waals surface area contributed by atoms with Gasteiger partial charge in [0, 0.05) is 5.54 Å². The van der Waals surface area contributed by atoms with Gasteiger partial charge in [-0.3, -0.25) is 4.79 Å². The molecule has 0 saturated carbocycles. The predicted octanol–water partition coefficient (Wildman–Crippen LogP) is 2.50. The average Bonchev–Trinajstić information content (AvgIpc) is 2.24. The lowest BCUT2D eigenvalue weighted by Crippen LogP contribution is -2.42. The number of hydrogen-bond donors (Lipinski definition) is 1. The molecule has 0 bridgehead atoms. The zero-order valence-corrected chi connectivity index (χ0v) is 10.6. The molecule has 0 aromatic rings. The van der Waals surface area contributed by atoms with Gasteiger partial charge in [0.05, 0.1) is 13.5 Å². The Morgan fingerprint density at radius 1 is 1.33 bits per heavy atom. The van der Waals surface area contributed by atoms with E-state index in [1.807, 2.05) is 7.05 Å². The molecular weight excluding hydrogens is 190 g/mol. The van der Waals surface area contributed by atoms with Gasteiger partial charge < -0.3 is 10.1 Å².